The summed E-state index contributed by atoms with van der Waals surface area (Å²) < 4.78 is 0. The maximum absolute atomic E-state index is 14.0. The van der Waals surface area contributed by atoms with Gasteiger partial charge in [-0.15, -0.1) is 0 Å². The molecule has 48 heavy (non-hydrogen) atoms. The minimum Gasteiger partial charge on any atom is -0.507 e. The second kappa shape index (κ2) is 17.2. The summed E-state index contributed by atoms with van der Waals surface area (Å²) in [7, 11) is 0. The molecule has 6 N–H and O–H groups in total. The van der Waals surface area contributed by atoms with Crippen LogP contribution in [0.1, 0.15) is 58.1 Å². The van der Waals surface area contributed by atoms with E-state index < -0.39 is 64.7 Å². The zero-order valence-electron chi connectivity index (χ0n) is 27.5. The normalized spacial score (nSPS) is 16.8. The third-order valence-corrected chi connectivity index (χ3v) is 8.09. The van der Waals surface area contributed by atoms with Gasteiger partial charge in [-0.1, -0.05) is 50.2 Å². The van der Waals surface area contributed by atoms with Crippen LogP contribution in [0.3, 0.4) is 0 Å². The van der Waals surface area contributed by atoms with Crippen molar-refractivity contribution in [3.05, 3.63) is 69.8 Å². The van der Waals surface area contributed by atoms with Crippen LogP contribution in [-0.2, 0) is 36.9 Å². The summed E-state index contributed by atoms with van der Waals surface area (Å²) in [6.45, 7) is 6.52. The Kier molecular flexibility index (Phi) is 13.4. The van der Waals surface area contributed by atoms with Gasteiger partial charge in [0.15, 0.2) is 0 Å². The van der Waals surface area contributed by atoms with Crippen LogP contribution in [0.2, 0.25) is 0 Å². The number of aromatic hydroxyl groups is 1. The largest absolute Gasteiger partial charge is 0.507 e. The van der Waals surface area contributed by atoms with Gasteiger partial charge >= 0.3 is 5.97 Å². The first-order chi connectivity index (χ1) is 22.7. The molecule has 1 saturated heterocycles. The number of nitrogens with one attached hydrogen (secondary N) is 4. The predicted octanol–water partition coefficient (Wildman–Crippen LogP) is 1.62. The summed E-state index contributed by atoms with van der Waals surface area (Å²) in [5.41, 5.74) is 0.487. The average Bonchev–Trinajstić information content (AvgIpc) is 3.53. The second-order valence-corrected chi connectivity index (χ2v) is 12.3. The minimum absolute atomic E-state index is 0.00872. The first-order valence-corrected chi connectivity index (χ1v) is 15.9. The Bertz CT molecular complexity index is 1490. The third-order valence-electron chi connectivity index (χ3n) is 8.09. The number of phenolic OH excluding ortho intramolecular Hbond substituents is 1. The molecular formula is C33H44N6O9. The highest BCUT2D eigenvalue weighted by Gasteiger charge is 2.39. The number of rotatable bonds is 16. The molecule has 4 amide bonds. The van der Waals surface area contributed by atoms with Crippen molar-refractivity contribution in [2.24, 2.45) is 5.92 Å². The van der Waals surface area contributed by atoms with Gasteiger partial charge in [0.25, 0.3) is 5.69 Å². The van der Waals surface area contributed by atoms with Crippen molar-refractivity contribution in [2.75, 3.05) is 6.54 Å². The molecule has 0 radical (unpaired) electrons. The number of hydrogen-bond donors (Lipinski definition) is 6. The molecule has 3 rings (SSSR count). The number of nitrogens with zero attached hydrogens (tertiary/aromatic N) is 2. The number of amides is 4. The molecule has 15 heteroatoms. The van der Waals surface area contributed by atoms with Crippen LogP contribution in [0.25, 0.3) is 0 Å². The maximum atomic E-state index is 14.0. The molecule has 2 aromatic carbocycles. The van der Waals surface area contributed by atoms with Crippen molar-refractivity contribution in [3.8, 4) is 5.75 Å². The van der Waals surface area contributed by atoms with Gasteiger partial charge in [0.2, 0.25) is 23.6 Å². The number of carboxylic acids is 1. The molecule has 1 aliphatic rings. The van der Waals surface area contributed by atoms with Crippen molar-refractivity contribution in [1.29, 1.82) is 0 Å². The molecule has 1 heterocycles. The summed E-state index contributed by atoms with van der Waals surface area (Å²) in [6, 6.07) is 7.90. The highest BCUT2D eigenvalue weighted by molar-refractivity contribution is 5.95. The fourth-order valence-corrected chi connectivity index (χ4v) is 5.49. The quantitative estimate of drug-likeness (QED) is 0.112. The summed E-state index contributed by atoms with van der Waals surface area (Å²) in [6.07, 6.45) is 1.27. The van der Waals surface area contributed by atoms with Crippen LogP contribution in [0.5, 0.6) is 5.75 Å². The lowest BCUT2D eigenvalue weighted by atomic mass is 10.00. The van der Waals surface area contributed by atoms with Gasteiger partial charge < -0.3 is 36.4 Å². The second-order valence-electron chi connectivity index (χ2n) is 12.3. The van der Waals surface area contributed by atoms with Gasteiger partial charge in [0.05, 0.1) is 16.5 Å². The number of hydrogen-bond acceptors (Lipinski definition) is 9. The molecule has 0 saturated carbocycles. The number of phenols is 1. The molecule has 2 aromatic rings. The lowest BCUT2D eigenvalue weighted by Crippen LogP contribution is -2.58. The van der Waals surface area contributed by atoms with Crippen LogP contribution < -0.4 is 21.3 Å². The van der Waals surface area contributed by atoms with E-state index in [-0.39, 0.29) is 48.8 Å². The van der Waals surface area contributed by atoms with Gasteiger partial charge in [-0.3, -0.25) is 34.1 Å². The topological polar surface area (TPSA) is 220 Å². The molecule has 1 fully saturated rings. The monoisotopic (exact) mass is 668 g/mol. The standard InChI is InChI=1S/C33H44N6O9/c1-19(2)16-25(32(44)38-15-9-13-27(38)31(43)35-20(3)29(41)36-21(4)33(45)46)37-30(42)24(17-22-10-6-5-7-11-22)34-18-23-26(39(47)48)12-8-14-28(23)40/h5-8,10-12,14,19-21,24-25,27,34,40H,9,13,15-18H2,1-4H3,(H,35,43)(H,36,41)(H,37,42)(H,45,46)/t20-,21-,24-,25-,27-/m0/s1. The Labute approximate surface area is 278 Å². The fourth-order valence-electron chi connectivity index (χ4n) is 5.49. The van der Waals surface area contributed by atoms with Gasteiger partial charge in [-0.2, -0.15) is 0 Å². The van der Waals surface area contributed by atoms with E-state index in [1.54, 1.807) is 12.1 Å². The molecule has 5 atom stereocenters. The fraction of sp³-hybridized carbons (Fsp3) is 0.485. The van der Waals surface area contributed by atoms with E-state index in [2.05, 4.69) is 21.3 Å². The highest BCUT2D eigenvalue weighted by atomic mass is 16.6. The van der Waals surface area contributed by atoms with E-state index in [1.165, 1.54) is 36.9 Å². The van der Waals surface area contributed by atoms with E-state index in [1.807, 2.05) is 32.0 Å². The zero-order valence-corrected chi connectivity index (χ0v) is 27.5. The first kappa shape index (κ1) is 37.4. The number of carbonyl (C=O) groups excluding carboxylic acids is 4. The van der Waals surface area contributed by atoms with Gasteiger partial charge in [-0.05, 0) is 57.1 Å². The number of carbonyl (C=O) groups is 5. The zero-order chi connectivity index (χ0) is 35.5. The van der Waals surface area contributed by atoms with Crippen LogP contribution >= 0.6 is 0 Å². The number of carboxylic acid groups (broad SMARTS) is 1. The number of nitro benzene ring substituents is 1. The lowest BCUT2D eigenvalue weighted by Gasteiger charge is -2.31. The smallest absolute Gasteiger partial charge is 0.325 e. The highest BCUT2D eigenvalue weighted by Crippen LogP contribution is 2.27. The van der Waals surface area contributed by atoms with Crippen LogP contribution in [0.15, 0.2) is 48.5 Å². The number of likely N-dealkylation sites (tertiary alicyclic amines) is 1. The summed E-state index contributed by atoms with van der Waals surface area (Å²) in [5.74, 6) is -3.84. The van der Waals surface area contributed by atoms with Crippen LogP contribution in [0, 0.1) is 16.0 Å². The van der Waals surface area contributed by atoms with Gasteiger partial charge in [0.1, 0.15) is 29.9 Å². The summed E-state index contributed by atoms with van der Waals surface area (Å²) >= 11 is 0. The van der Waals surface area contributed by atoms with Crippen molar-refractivity contribution < 1.29 is 39.1 Å². The average molecular weight is 669 g/mol. The van der Waals surface area contributed by atoms with Crippen molar-refractivity contribution in [3.63, 3.8) is 0 Å². The van der Waals surface area contributed by atoms with E-state index in [0.29, 0.717) is 12.8 Å². The number of nitro groups is 1. The van der Waals surface area contributed by atoms with E-state index >= 15 is 0 Å². The third kappa shape index (κ3) is 10.2. The molecule has 0 bridgehead atoms. The van der Waals surface area contributed by atoms with Crippen molar-refractivity contribution in [1.82, 2.24) is 26.2 Å². The Morgan fingerprint density at radius 2 is 1.60 bits per heavy atom. The molecule has 260 valence electrons. The van der Waals surface area contributed by atoms with Crippen molar-refractivity contribution >= 4 is 35.3 Å². The minimum atomic E-state index is -1.23. The van der Waals surface area contributed by atoms with Gasteiger partial charge in [0, 0.05) is 19.2 Å². The Morgan fingerprint density at radius 1 is 0.917 bits per heavy atom. The van der Waals surface area contributed by atoms with E-state index in [0.717, 1.165) is 5.56 Å². The Morgan fingerprint density at radius 3 is 2.23 bits per heavy atom. The van der Waals surface area contributed by atoms with Crippen molar-refractivity contribution in [2.45, 2.75) is 90.1 Å². The van der Waals surface area contributed by atoms with E-state index in [9.17, 15) is 39.2 Å². The molecule has 0 spiro atoms. The molecule has 15 nitrogen and oxygen atoms in total. The lowest BCUT2D eigenvalue weighted by molar-refractivity contribution is -0.385. The predicted molar refractivity (Wildman–Crippen MR) is 175 cm³/mol. The summed E-state index contributed by atoms with van der Waals surface area (Å²) in [5, 5.41) is 41.7. The molecular weight excluding hydrogens is 624 g/mol. The molecule has 1 aliphatic heterocycles. The van der Waals surface area contributed by atoms with Crippen LogP contribution in [0.4, 0.5) is 5.69 Å². The Hall–Kier alpha value is -5.05. The van der Waals surface area contributed by atoms with E-state index in [4.69, 9.17) is 5.11 Å². The number of aliphatic carboxylic acids is 1. The SMILES string of the molecule is CC(C)C[C@H](NC(=O)[C@H](Cc1ccccc1)NCc1c(O)cccc1[N+](=O)[O-])C(=O)N1CCC[C@H]1C(=O)N[C@@H](C)C(=O)N[C@@H](C)C(=O)O. The maximum Gasteiger partial charge on any atom is 0.325 e. The first-order valence-electron chi connectivity index (χ1n) is 15.9. The molecule has 0 aromatic heterocycles. The Balaban J connectivity index is 1.79. The molecule has 0 aliphatic carbocycles. The summed E-state index contributed by atoms with van der Waals surface area (Å²) in [4.78, 5) is 76.9. The van der Waals surface area contributed by atoms with Gasteiger partial charge in [-0.25, -0.2) is 0 Å². The van der Waals surface area contributed by atoms with Crippen LogP contribution in [-0.4, -0.2) is 86.4 Å². The molecule has 0 unspecified atom stereocenters. The number of benzene rings is 2.